The summed E-state index contributed by atoms with van der Waals surface area (Å²) in [7, 11) is 3.03. The molecule has 1 fully saturated rings. The fraction of sp³-hybridized carbons (Fsp3) is 0.308. The van der Waals surface area contributed by atoms with Crippen molar-refractivity contribution < 1.29 is 14.3 Å². The van der Waals surface area contributed by atoms with E-state index in [1.807, 2.05) is 0 Å². The van der Waals surface area contributed by atoms with Crippen molar-refractivity contribution in [3.63, 3.8) is 0 Å². The number of aliphatic imine (C=N–C) groups is 1. The minimum Gasteiger partial charge on any atom is -0.495 e. The standard InChI is InChI=1S/C26H25Cl2N5O3/c1-35-18-13-19(36-2)23(28)21(22(18)27)16-6-7-17(25-24(16)29-9-10-30-25)26(34)32-20-8-5-15(31-20)14-33-11-3-4-12-33/h5-7,9-10,13H,3-4,8,11-12,14H2,1-2H3,(H,31,32,34). The van der Waals surface area contributed by atoms with Gasteiger partial charge in [-0.3, -0.25) is 19.7 Å². The number of carbonyl (C=O) groups is 1. The predicted molar refractivity (Wildman–Crippen MR) is 141 cm³/mol. The summed E-state index contributed by atoms with van der Waals surface area (Å²) in [5.41, 5.74) is 3.36. The van der Waals surface area contributed by atoms with Crippen LogP contribution in [0, 0.1) is 0 Å². The average Bonchev–Trinajstić information content (AvgIpc) is 3.56. The molecule has 3 aromatic rings. The number of halogens is 2. The van der Waals surface area contributed by atoms with Gasteiger partial charge in [0.15, 0.2) is 0 Å². The van der Waals surface area contributed by atoms with Crippen molar-refractivity contribution in [2.75, 3.05) is 33.9 Å². The summed E-state index contributed by atoms with van der Waals surface area (Å²) in [6.07, 6.45) is 8.21. The number of hydrogen-bond donors (Lipinski definition) is 1. The number of amides is 1. The van der Waals surface area contributed by atoms with Crippen LogP contribution < -0.4 is 14.8 Å². The number of methoxy groups -OCH3 is 2. The topological polar surface area (TPSA) is 88.9 Å². The van der Waals surface area contributed by atoms with Crippen LogP contribution in [0.4, 0.5) is 0 Å². The molecule has 0 atom stereocenters. The third-order valence-corrected chi connectivity index (χ3v) is 7.11. The molecule has 5 rings (SSSR count). The van der Waals surface area contributed by atoms with Crippen LogP contribution in [0.25, 0.3) is 22.2 Å². The molecule has 36 heavy (non-hydrogen) atoms. The largest absolute Gasteiger partial charge is 0.495 e. The average molecular weight is 526 g/mol. The molecule has 0 radical (unpaired) electrons. The summed E-state index contributed by atoms with van der Waals surface area (Å²) in [4.78, 5) is 29.2. The number of ether oxygens (including phenoxy) is 2. The van der Waals surface area contributed by atoms with Gasteiger partial charge in [0.25, 0.3) is 5.91 Å². The summed E-state index contributed by atoms with van der Waals surface area (Å²) in [5, 5.41) is 3.56. The minimum absolute atomic E-state index is 0.304. The number of amidine groups is 1. The zero-order valence-corrected chi connectivity index (χ0v) is 21.5. The first-order valence-corrected chi connectivity index (χ1v) is 12.4. The highest BCUT2D eigenvalue weighted by Crippen LogP contribution is 2.47. The Kier molecular flexibility index (Phi) is 7.09. The molecule has 10 heteroatoms. The van der Waals surface area contributed by atoms with Gasteiger partial charge in [0, 0.05) is 42.6 Å². The first-order chi connectivity index (χ1) is 17.5. The molecule has 0 spiro atoms. The number of nitrogens with zero attached hydrogens (tertiary/aromatic N) is 4. The Morgan fingerprint density at radius 2 is 1.69 bits per heavy atom. The number of fused-ring (bicyclic) bond motifs is 1. The lowest BCUT2D eigenvalue weighted by molar-refractivity contribution is 0.0978. The number of carbonyl (C=O) groups excluding carboxylic acids is 1. The quantitative estimate of drug-likeness (QED) is 0.479. The van der Waals surface area contributed by atoms with Crippen LogP contribution in [0.2, 0.25) is 10.0 Å². The maximum absolute atomic E-state index is 13.3. The van der Waals surface area contributed by atoms with Crippen molar-refractivity contribution in [2.45, 2.75) is 19.3 Å². The van der Waals surface area contributed by atoms with Gasteiger partial charge >= 0.3 is 0 Å². The fourth-order valence-corrected chi connectivity index (χ4v) is 5.29. The van der Waals surface area contributed by atoms with Gasteiger partial charge in [0.05, 0.1) is 41.0 Å². The van der Waals surface area contributed by atoms with Crippen LogP contribution >= 0.6 is 23.2 Å². The molecule has 186 valence electrons. The summed E-state index contributed by atoms with van der Waals surface area (Å²) in [6.45, 7) is 3.01. The molecule has 1 amide bonds. The molecular weight excluding hydrogens is 501 g/mol. The smallest absolute Gasteiger partial charge is 0.258 e. The van der Waals surface area contributed by atoms with Crippen molar-refractivity contribution in [3.05, 3.63) is 58.0 Å². The maximum atomic E-state index is 13.3. The van der Waals surface area contributed by atoms with E-state index in [0.717, 1.165) is 25.3 Å². The van der Waals surface area contributed by atoms with E-state index in [4.69, 9.17) is 32.7 Å². The highest BCUT2D eigenvalue weighted by Gasteiger charge is 2.24. The van der Waals surface area contributed by atoms with Crippen molar-refractivity contribution >= 4 is 46.0 Å². The van der Waals surface area contributed by atoms with Crippen LogP contribution in [0.1, 0.15) is 29.6 Å². The van der Waals surface area contributed by atoms with E-state index in [-0.39, 0.29) is 5.91 Å². The summed E-state index contributed by atoms with van der Waals surface area (Å²) in [5.74, 6) is 1.13. The van der Waals surface area contributed by atoms with Gasteiger partial charge in [0.2, 0.25) is 0 Å². The summed E-state index contributed by atoms with van der Waals surface area (Å²) in [6, 6.07) is 5.07. The Morgan fingerprint density at radius 3 is 2.36 bits per heavy atom. The van der Waals surface area contributed by atoms with E-state index < -0.39 is 0 Å². The Hall–Kier alpha value is -3.20. The van der Waals surface area contributed by atoms with Crippen molar-refractivity contribution in [1.29, 1.82) is 0 Å². The van der Waals surface area contributed by atoms with E-state index >= 15 is 0 Å². The minimum atomic E-state index is -0.304. The fourth-order valence-electron chi connectivity index (χ4n) is 4.59. The lowest BCUT2D eigenvalue weighted by Gasteiger charge is -2.16. The van der Waals surface area contributed by atoms with E-state index in [2.05, 4.69) is 31.3 Å². The molecule has 2 aromatic carbocycles. The van der Waals surface area contributed by atoms with Crippen molar-refractivity contribution in [2.24, 2.45) is 4.99 Å². The molecule has 8 nitrogen and oxygen atoms in total. The van der Waals surface area contributed by atoms with Gasteiger partial charge < -0.3 is 14.8 Å². The van der Waals surface area contributed by atoms with Gasteiger partial charge in [-0.05, 0) is 32.0 Å². The molecule has 3 heterocycles. The lowest BCUT2D eigenvalue weighted by Crippen LogP contribution is -2.29. The second-order valence-corrected chi connectivity index (χ2v) is 9.35. The summed E-state index contributed by atoms with van der Waals surface area (Å²) < 4.78 is 10.8. The molecule has 1 saturated heterocycles. The summed E-state index contributed by atoms with van der Waals surface area (Å²) >= 11 is 13.3. The highest BCUT2D eigenvalue weighted by atomic mass is 35.5. The molecule has 0 bridgehead atoms. The molecular formula is C26H25Cl2N5O3. The highest BCUT2D eigenvalue weighted by molar-refractivity contribution is 6.41. The van der Waals surface area contributed by atoms with Gasteiger partial charge in [-0.2, -0.15) is 0 Å². The van der Waals surface area contributed by atoms with Crippen LogP contribution in [-0.4, -0.2) is 60.5 Å². The molecule has 2 aliphatic rings. The van der Waals surface area contributed by atoms with Crippen molar-refractivity contribution in [3.8, 4) is 22.6 Å². The third-order valence-electron chi connectivity index (χ3n) is 6.36. The number of benzene rings is 2. The normalized spacial score (nSPS) is 15.7. The number of aromatic nitrogens is 2. The molecule has 2 aliphatic heterocycles. The van der Waals surface area contributed by atoms with Gasteiger partial charge in [0.1, 0.15) is 22.9 Å². The van der Waals surface area contributed by atoms with Crippen LogP contribution in [-0.2, 0) is 0 Å². The number of hydrogen-bond acceptors (Lipinski definition) is 7. The van der Waals surface area contributed by atoms with Crippen molar-refractivity contribution in [1.82, 2.24) is 20.2 Å². The Labute approximate surface area is 218 Å². The van der Waals surface area contributed by atoms with E-state index in [9.17, 15) is 4.79 Å². The predicted octanol–water partition coefficient (Wildman–Crippen LogP) is 5.13. The third kappa shape index (κ3) is 4.64. The van der Waals surface area contributed by atoms with Gasteiger partial charge in [-0.25, -0.2) is 4.99 Å². The molecule has 1 aromatic heterocycles. The zero-order valence-electron chi connectivity index (χ0n) is 20.0. The first-order valence-electron chi connectivity index (χ1n) is 11.6. The first kappa shape index (κ1) is 24.5. The number of likely N-dealkylation sites (tertiary alicyclic amines) is 1. The Bertz CT molecular complexity index is 1370. The van der Waals surface area contributed by atoms with Crippen LogP contribution in [0.5, 0.6) is 11.5 Å². The van der Waals surface area contributed by atoms with Gasteiger partial charge in [-0.1, -0.05) is 35.3 Å². The lowest BCUT2D eigenvalue weighted by atomic mass is 9.99. The van der Waals surface area contributed by atoms with E-state index in [1.54, 1.807) is 30.6 Å². The molecule has 0 aliphatic carbocycles. The van der Waals surface area contributed by atoms with Gasteiger partial charge in [-0.15, -0.1) is 0 Å². The van der Waals surface area contributed by atoms with E-state index in [1.165, 1.54) is 27.1 Å². The van der Waals surface area contributed by atoms with Crippen LogP contribution in [0.3, 0.4) is 0 Å². The molecule has 0 saturated carbocycles. The number of nitrogens with one attached hydrogen (secondary N) is 1. The SMILES string of the molecule is COc1cc(OC)c(Cl)c(-c2ccc(C(=O)NC3=NC(CN4CCCC4)=CC3)c3nccnc23)c1Cl. The zero-order chi connectivity index (χ0) is 25.2. The number of rotatable bonds is 6. The second-order valence-electron chi connectivity index (χ2n) is 8.59. The Balaban J connectivity index is 1.48. The van der Waals surface area contributed by atoms with Crippen LogP contribution in [0.15, 0.2) is 47.4 Å². The second kappa shape index (κ2) is 10.4. The molecule has 0 unspecified atom stereocenters. The molecule has 1 N–H and O–H groups in total. The maximum Gasteiger partial charge on any atom is 0.258 e. The monoisotopic (exact) mass is 525 g/mol. The Morgan fingerprint density at radius 1 is 1.03 bits per heavy atom. The van der Waals surface area contributed by atoms with E-state index in [0.29, 0.717) is 61.5 Å².